The van der Waals surface area contributed by atoms with Gasteiger partial charge in [0.25, 0.3) is 0 Å². The number of hydrogen-bond donors (Lipinski definition) is 0. The van der Waals surface area contributed by atoms with Crippen molar-refractivity contribution in [3.63, 3.8) is 0 Å². The van der Waals surface area contributed by atoms with Crippen molar-refractivity contribution in [2.75, 3.05) is 0 Å². The molecule has 0 saturated heterocycles. The summed E-state index contributed by atoms with van der Waals surface area (Å²) in [5.74, 6) is -0.848. The van der Waals surface area contributed by atoms with Gasteiger partial charge in [0.1, 0.15) is 23.8 Å². The van der Waals surface area contributed by atoms with E-state index >= 15 is 0 Å². The van der Waals surface area contributed by atoms with Crippen molar-refractivity contribution < 1.29 is 8.78 Å². The molecule has 0 aliphatic rings. The Morgan fingerprint density at radius 2 is 1.08 bits per heavy atom. The van der Waals surface area contributed by atoms with Gasteiger partial charge in [-0.1, -0.05) is 36.4 Å². The number of nitrogens with zero attached hydrogens (tertiary/aromatic N) is 4. The molecule has 126 valence electrons. The maximum absolute atomic E-state index is 13.9. The minimum atomic E-state index is -0.424. The normalized spacial score (nSPS) is 10.2. The fourth-order valence-electron chi connectivity index (χ4n) is 2.57. The molecule has 0 aliphatic carbocycles. The predicted molar refractivity (Wildman–Crippen MR) is 89.9 cm³/mol. The van der Waals surface area contributed by atoms with Crippen LogP contribution >= 0.6 is 0 Å². The van der Waals surface area contributed by atoms with Crippen LogP contribution in [0.4, 0.5) is 8.78 Å². The van der Waals surface area contributed by atoms with E-state index in [2.05, 4.69) is 9.97 Å². The summed E-state index contributed by atoms with van der Waals surface area (Å²) in [7, 11) is 0. The summed E-state index contributed by atoms with van der Waals surface area (Å²) in [6.45, 7) is 0. The molecule has 0 fully saturated rings. The summed E-state index contributed by atoms with van der Waals surface area (Å²) in [4.78, 5) is 8.38. The maximum atomic E-state index is 13.9. The number of aromatic nitrogens is 2. The zero-order chi connectivity index (χ0) is 18.5. The highest BCUT2D eigenvalue weighted by atomic mass is 19.1. The first kappa shape index (κ1) is 17.2. The van der Waals surface area contributed by atoms with E-state index in [0.717, 1.165) is 0 Å². The molecule has 26 heavy (non-hydrogen) atoms. The first-order chi connectivity index (χ1) is 12.6. The summed E-state index contributed by atoms with van der Waals surface area (Å²) < 4.78 is 27.7. The van der Waals surface area contributed by atoms with Gasteiger partial charge in [0.05, 0.1) is 11.4 Å². The molecule has 0 atom stereocenters. The number of rotatable bonds is 4. The van der Waals surface area contributed by atoms with Crippen molar-refractivity contribution in [2.24, 2.45) is 0 Å². The quantitative estimate of drug-likeness (QED) is 0.722. The molecule has 0 radical (unpaired) electrons. The van der Waals surface area contributed by atoms with E-state index < -0.39 is 11.6 Å². The monoisotopic (exact) mass is 346 g/mol. The third-order valence-corrected chi connectivity index (χ3v) is 3.88. The average Bonchev–Trinajstić information content (AvgIpc) is 2.66. The van der Waals surface area contributed by atoms with Crippen LogP contribution in [-0.2, 0) is 12.8 Å². The molecule has 0 spiro atoms. The zero-order valence-electron chi connectivity index (χ0n) is 13.6. The van der Waals surface area contributed by atoms with Crippen molar-refractivity contribution >= 4 is 0 Å². The Bertz CT molecular complexity index is 963. The fourth-order valence-corrected chi connectivity index (χ4v) is 2.57. The van der Waals surface area contributed by atoms with E-state index in [1.807, 2.05) is 12.1 Å². The highest BCUT2D eigenvalue weighted by molar-refractivity contribution is 5.39. The summed E-state index contributed by atoms with van der Waals surface area (Å²) in [5, 5.41) is 18.7. The maximum Gasteiger partial charge on any atom is 0.162 e. The second-order valence-corrected chi connectivity index (χ2v) is 5.57. The number of halogens is 2. The predicted octanol–water partition coefficient (Wildman–Crippen LogP) is 3.68. The van der Waals surface area contributed by atoms with Crippen LogP contribution in [0.3, 0.4) is 0 Å². The van der Waals surface area contributed by atoms with Gasteiger partial charge < -0.3 is 0 Å². The Labute approximate surface area is 149 Å². The van der Waals surface area contributed by atoms with Crippen LogP contribution in [-0.4, -0.2) is 9.97 Å². The highest BCUT2D eigenvalue weighted by Gasteiger charge is 2.16. The third kappa shape index (κ3) is 3.55. The van der Waals surface area contributed by atoms with Crippen LogP contribution in [0.1, 0.15) is 33.9 Å². The largest absolute Gasteiger partial charge is 0.237 e. The Kier molecular flexibility index (Phi) is 4.96. The van der Waals surface area contributed by atoms with Gasteiger partial charge in [0.15, 0.2) is 11.4 Å². The number of nitriles is 2. The molecule has 0 bridgehead atoms. The molecule has 1 heterocycles. The smallest absolute Gasteiger partial charge is 0.162 e. The zero-order valence-corrected chi connectivity index (χ0v) is 13.6. The van der Waals surface area contributed by atoms with E-state index in [-0.39, 0.29) is 35.6 Å². The Balaban J connectivity index is 2.02. The molecule has 6 heteroatoms. The van der Waals surface area contributed by atoms with Crippen molar-refractivity contribution in [3.05, 3.63) is 94.1 Å². The van der Waals surface area contributed by atoms with Gasteiger partial charge in [-0.2, -0.15) is 10.5 Å². The molecule has 0 N–H and O–H groups in total. The average molecular weight is 346 g/mol. The first-order valence-electron chi connectivity index (χ1n) is 7.79. The minimum absolute atomic E-state index is 0.00130. The topological polar surface area (TPSA) is 73.4 Å². The van der Waals surface area contributed by atoms with Crippen molar-refractivity contribution in [1.29, 1.82) is 10.5 Å². The van der Waals surface area contributed by atoms with Gasteiger partial charge in [-0.05, 0) is 23.3 Å². The van der Waals surface area contributed by atoms with Gasteiger partial charge >= 0.3 is 0 Å². The van der Waals surface area contributed by atoms with Crippen molar-refractivity contribution in [1.82, 2.24) is 9.97 Å². The van der Waals surface area contributed by atoms with Crippen LogP contribution in [0, 0.1) is 34.3 Å². The Morgan fingerprint density at radius 3 is 1.42 bits per heavy atom. The van der Waals surface area contributed by atoms with E-state index in [9.17, 15) is 19.3 Å². The van der Waals surface area contributed by atoms with Crippen LogP contribution in [0.25, 0.3) is 0 Å². The molecule has 0 unspecified atom stereocenters. The van der Waals surface area contributed by atoms with Gasteiger partial charge in [-0.3, -0.25) is 0 Å². The summed E-state index contributed by atoms with van der Waals surface area (Å²) in [6, 6.07) is 16.1. The van der Waals surface area contributed by atoms with Crippen LogP contribution < -0.4 is 0 Å². The lowest BCUT2D eigenvalue weighted by atomic mass is 10.0. The van der Waals surface area contributed by atoms with Gasteiger partial charge in [0, 0.05) is 12.8 Å². The van der Waals surface area contributed by atoms with Gasteiger partial charge in [-0.25, -0.2) is 18.7 Å². The highest BCUT2D eigenvalue weighted by Crippen LogP contribution is 2.18. The van der Waals surface area contributed by atoms with Gasteiger partial charge in [0.2, 0.25) is 0 Å². The Morgan fingerprint density at radius 1 is 0.692 bits per heavy atom. The Hall–Kier alpha value is -3.64. The molecular formula is C20H12F2N4. The SMILES string of the molecule is N#Cc1nc(Cc2ccccc2F)c(C#N)nc1Cc1ccccc1F. The molecule has 0 amide bonds. The summed E-state index contributed by atoms with van der Waals surface area (Å²) >= 11 is 0. The van der Waals surface area contributed by atoms with E-state index in [4.69, 9.17) is 0 Å². The number of benzene rings is 2. The summed E-state index contributed by atoms with van der Waals surface area (Å²) in [5.41, 5.74) is 1.13. The van der Waals surface area contributed by atoms with Gasteiger partial charge in [-0.15, -0.1) is 0 Å². The second kappa shape index (κ2) is 7.50. The van der Waals surface area contributed by atoms with Crippen LogP contribution in [0.2, 0.25) is 0 Å². The lowest BCUT2D eigenvalue weighted by Gasteiger charge is -2.09. The van der Waals surface area contributed by atoms with E-state index in [1.165, 1.54) is 12.1 Å². The third-order valence-electron chi connectivity index (χ3n) is 3.88. The van der Waals surface area contributed by atoms with Crippen molar-refractivity contribution in [3.8, 4) is 12.1 Å². The van der Waals surface area contributed by atoms with Crippen LogP contribution in [0.5, 0.6) is 0 Å². The van der Waals surface area contributed by atoms with Crippen LogP contribution in [0.15, 0.2) is 48.5 Å². The lowest BCUT2D eigenvalue weighted by molar-refractivity contribution is 0.611. The van der Waals surface area contributed by atoms with Crippen molar-refractivity contribution in [2.45, 2.75) is 12.8 Å². The molecule has 0 aliphatic heterocycles. The fraction of sp³-hybridized carbons (Fsp3) is 0.100. The summed E-state index contributed by atoms with van der Waals surface area (Å²) in [6.07, 6.45) is 0.0778. The standard InChI is InChI=1S/C20H12F2N4/c21-15-7-3-1-5-13(15)9-17-19(11-23)26-18(20(12-24)25-17)10-14-6-2-4-8-16(14)22/h1-8H,9-10H2. The molecular weight excluding hydrogens is 334 g/mol. The molecule has 4 nitrogen and oxygen atoms in total. The van der Waals surface area contributed by atoms with E-state index in [1.54, 1.807) is 36.4 Å². The minimum Gasteiger partial charge on any atom is -0.237 e. The lowest BCUT2D eigenvalue weighted by Crippen LogP contribution is -2.09. The number of hydrogen-bond acceptors (Lipinski definition) is 4. The molecule has 1 aromatic heterocycles. The second-order valence-electron chi connectivity index (χ2n) is 5.57. The first-order valence-corrected chi connectivity index (χ1v) is 7.79. The molecule has 3 aromatic rings. The van der Waals surface area contributed by atoms with E-state index in [0.29, 0.717) is 11.1 Å². The molecule has 0 saturated carbocycles. The molecule has 2 aromatic carbocycles. The molecule has 3 rings (SSSR count).